The molecule has 0 spiro atoms. The molecular weight excluding hydrogens is 252 g/mol. The van der Waals surface area contributed by atoms with Crippen molar-refractivity contribution in [1.29, 1.82) is 0 Å². The Morgan fingerprint density at radius 2 is 1.90 bits per heavy atom. The first-order chi connectivity index (χ1) is 9.10. The van der Waals surface area contributed by atoms with Crippen LogP contribution in [0.3, 0.4) is 0 Å². The van der Waals surface area contributed by atoms with E-state index < -0.39 is 0 Å². The predicted octanol–water partition coefficient (Wildman–Crippen LogP) is 2.53. The van der Waals surface area contributed by atoms with Gasteiger partial charge in [-0.2, -0.15) is 5.10 Å². The number of carbonyl (C=O) groups excluding carboxylic acids is 1. The first-order valence-corrected chi connectivity index (χ1v) is 7.22. The molecule has 1 fully saturated rings. The van der Waals surface area contributed by atoms with Crippen molar-refractivity contribution in [3.63, 3.8) is 0 Å². The number of carbonyl (C=O) groups is 1. The summed E-state index contributed by atoms with van der Waals surface area (Å²) in [4.78, 5) is 12.2. The SMILES string of the molecule is CC(C)c1[nH]nc(C(=O)NCC2C(C)(C)C2(C)C)c1N. The number of rotatable bonds is 4. The number of nitrogen functional groups attached to an aromatic ring is 1. The summed E-state index contributed by atoms with van der Waals surface area (Å²) >= 11 is 0. The minimum Gasteiger partial charge on any atom is -0.395 e. The van der Waals surface area contributed by atoms with Crippen molar-refractivity contribution < 1.29 is 4.79 Å². The molecule has 0 aliphatic heterocycles. The lowest BCUT2D eigenvalue weighted by Gasteiger charge is -2.06. The molecule has 5 nitrogen and oxygen atoms in total. The third-order valence-corrected chi connectivity index (χ3v) is 5.41. The molecule has 2 rings (SSSR count). The second-order valence-electron chi connectivity index (χ2n) is 7.26. The number of aromatic nitrogens is 2. The molecule has 0 atom stereocenters. The number of aromatic amines is 1. The van der Waals surface area contributed by atoms with E-state index in [0.29, 0.717) is 23.8 Å². The summed E-state index contributed by atoms with van der Waals surface area (Å²) in [7, 11) is 0. The quantitative estimate of drug-likeness (QED) is 0.791. The molecule has 112 valence electrons. The second-order valence-corrected chi connectivity index (χ2v) is 7.26. The molecule has 0 aromatic carbocycles. The minimum atomic E-state index is -0.191. The maximum atomic E-state index is 12.2. The Kier molecular flexibility index (Phi) is 3.35. The number of H-pyrrole nitrogens is 1. The summed E-state index contributed by atoms with van der Waals surface area (Å²) < 4.78 is 0. The number of nitrogens with two attached hydrogens (primary N) is 1. The molecule has 0 bridgehead atoms. The normalized spacial score (nSPS) is 20.1. The number of hydrogen-bond acceptors (Lipinski definition) is 3. The second kappa shape index (κ2) is 4.50. The van der Waals surface area contributed by atoms with E-state index >= 15 is 0 Å². The van der Waals surface area contributed by atoms with Crippen molar-refractivity contribution in [1.82, 2.24) is 15.5 Å². The fourth-order valence-corrected chi connectivity index (χ4v) is 3.10. The van der Waals surface area contributed by atoms with Crippen LogP contribution < -0.4 is 11.1 Å². The molecular formula is C15H26N4O. The molecule has 1 aromatic rings. The number of nitrogens with one attached hydrogen (secondary N) is 2. The molecule has 1 aliphatic carbocycles. The van der Waals surface area contributed by atoms with Gasteiger partial charge in [0.25, 0.3) is 5.91 Å². The highest BCUT2D eigenvalue weighted by Gasteiger charge is 2.64. The van der Waals surface area contributed by atoms with E-state index in [-0.39, 0.29) is 22.7 Å². The van der Waals surface area contributed by atoms with Crippen LogP contribution in [0.1, 0.15) is 63.6 Å². The highest BCUT2D eigenvalue weighted by Crippen LogP contribution is 2.67. The van der Waals surface area contributed by atoms with E-state index in [1.165, 1.54) is 0 Å². The van der Waals surface area contributed by atoms with Crippen molar-refractivity contribution in [2.24, 2.45) is 16.7 Å². The zero-order valence-electron chi connectivity index (χ0n) is 13.3. The third kappa shape index (κ3) is 2.09. The number of nitrogens with zero attached hydrogens (tertiary/aromatic N) is 1. The van der Waals surface area contributed by atoms with Gasteiger partial charge >= 0.3 is 0 Å². The lowest BCUT2D eigenvalue weighted by atomic mass is 10.0. The summed E-state index contributed by atoms with van der Waals surface area (Å²) in [6, 6.07) is 0. The first-order valence-electron chi connectivity index (χ1n) is 7.22. The van der Waals surface area contributed by atoms with Gasteiger partial charge < -0.3 is 11.1 Å². The predicted molar refractivity (Wildman–Crippen MR) is 80.5 cm³/mol. The lowest BCUT2D eigenvalue weighted by molar-refractivity contribution is 0.0946. The van der Waals surface area contributed by atoms with Crippen molar-refractivity contribution >= 4 is 11.6 Å². The average molecular weight is 278 g/mol. The van der Waals surface area contributed by atoms with Gasteiger partial charge in [-0.15, -0.1) is 0 Å². The molecule has 1 saturated carbocycles. The Hall–Kier alpha value is -1.52. The topological polar surface area (TPSA) is 83.8 Å². The zero-order valence-corrected chi connectivity index (χ0v) is 13.3. The Morgan fingerprint density at radius 3 is 2.30 bits per heavy atom. The van der Waals surface area contributed by atoms with Gasteiger partial charge in [0.05, 0.1) is 11.4 Å². The van der Waals surface area contributed by atoms with Crippen LogP contribution in [-0.4, -0.2) is 22.6 Å². The van der Waals surface area contributed by atoms with E-state index in [2.05, 4.69) is 43.2 Å². The van der Waals surface area contributed by atoms with Crippen LogP contribution in [0.15, 0.2) is 0 Å². The van der Waals surface area contributed by atoms with E-state index in [1.807, 2.05) is 13.8 Å². The maximum Gasteiger partial charge on any atom is 0.273 e. The summed E-state index contributed by atoms with van der Waals surface area (Å²) in [5.74, 6) is 0.526. The standard InChI is InChI=1S/C15H26N4O/c1-8(2)11-10(16)12(19-18-11)13(20)17-7-9-14(3,4)15(9,5)6/h8-9H,7,16H2,1-6H3,(H,17,20)(H,18,19). The van der Waals surface area contributed by atoms with Crippen molar-refractivity contribution in [2.45, 2.75) is 47.5 Å². The van der Waals surface area contributed by atoms with Crippen LogP contribution >= 0.6 is 0 Å². The Bertz CT molecular complexity index is 514. The summed E-state index contributed by atoms with van der Waals surface area (Å²) in [5, 5.41) is 9.86. The monoisotopic (exact) mass is 278 g/mol. The fraction of sp³-hybridized carbons (Fsp3) is 0.733. The van der Waals surface area contributed by atoms with Gasteiger partial charge in [0.2, 0.25) is 0 Å². The fourth-order valence-electron chi connectivity index (χ4n) is 3.10. The summed E-state index contributed by atoms with van der Waals surface area (Å²) in [5.41, 5.74) is 8.10. The highest BCUT2D eigenvalue weighted by molar-refractivity contribution is 5.97. The van der Waals surface area contributed by atoms with Crippen LogP contribution in [0.25, 0.3) is 0 Å². The molecule has 0 unspecified atom stereocenters. The number of amides is 1. The van der Waals surface area contributed by atoms with E-state index in [0.717, 1.165) is 5.69 Å². The van der Waals surface area contributed by atoms with Crippen molar-refractivity contribution in [3.8, 4) is 0 Å². The first kappa shape index (κ1) is 14.9. The molecule has 0 saturated heterocycles. The Balaban J connectivity index is 2.01. The van der Waals surface area contributed by atoms with E-state index in [1.54, 1.807) is 0 Å². The summed E-state index contributed by atoms with van der Waals surface area (Å²) in [6.45, 7) is 13.7. The van der Waals surface area contributed by atoms with Gasteiger partial charge in [-0.3, -0.25) is 9.89 Å². The van der Waals surface area contributed by atoms with Gasteiger partial charge in [0, 0.05) is 6.54 Å². The van der Waals surface area contributed by atoms with Crippen molar-refractivity contribution in [3.05, 3.63) is 11.4 Å². The van der Waals surface area contributed by atoms with E-state index in [9.17, 15) is 4.79 Å². The third-order valence-electron chi connectivity index (χ3n) is 5.41. The van der Waals surface area contributed by atoms with Crippen LogP contribution in [-0.2, 0) is 0 Å². The molecule has 20 heavy (non-hydrogen) atoms. The molecule has 4 N–H and O–H groups in total. The number of hydrogen-bond donors (Lipinski definition) is 3. The van der Waals surface area contributed by atoms with Crippen LogP contribution in [0.5, 0.6) is 0 Å². The van der Waals surface area contributed by atoms with Gasteiger partial charge in [-0.1, -0.05) is 41.5 Å². The summed E-state index contributed by atoms with van der Waals surface area (Å²) in [6.07, 6.45) is 0. The molecule has 1 aromatic heterocycles. The molecule has 0 radical (unpaired) electrons. The average Bonchev–Trinajstić information content (AvgIpc) is 2.63. The van der Waals surface area contributed by atoms with Crippen LogP contribution in [0.4, 0.5) is 5.69 Å². The Morgan fingerprint density at radius 1 is 1.35 bits per heavy atom. The largest absolute Gasteiger partial charge is 0.395 e. The van der Waals surface area contributed by atoms with Gasteiger partial charge in [-0.05, 0) is 22.7 Å². The lowest BCUT2D eigenvalue weighted by Crippen LogP contribution is -2.28. The van der Waals surface area contributed by atoms with Gasteiger partial charge in [0.1, 0.15) is 0 Å². The van der Waals surface area contributed by atoms with Gasteiger partial charge in [-0.25, -0.2) is 0 Å². The van der Waals surface area contributed by atoms with Crippen molar-refractivity contribution in [2.75, 3.05) is 12.3 Å². The van der Waals surface area contributed by atoms with Crippen LogP contribution in [0.2, 0.25) is 0 Å². The van der Waals surface area contributed by atoms with Crippen LogP contribution in [0, 0.1) is 16.7 Å². The zero-order chi connectivity index (χ0) is 15.3. The molecule has 1 amide bonds. The maximum absolute atomic E-state index is 12.2. The molecule has 1 aliphatic rings. The van der Waals surface area contributed by atoms with E-state index in [4.69, 9.17) is 5.73 Å². The smallest absolute Gasteiger partial charge is 0.273 e. The highest BCUT2D eigenvalue weighted by atomic mass is 16.1. The minimum absolute atomic E-state index is 0.191. The number of anilines is 1. The Labute approximate surface area is 120 Å². The molecule has 1 heterocycles. The molecule has 5 heteroatoms. The van der Waals surface area contributed by atoms with Gasteiger partial charge in [0.15, 0.2) is 5.69 Å².